The fourth-order valence-corrected chi connectivity index (χ4v) is 7.79. The van der Waals surface area contributed by atoms with E-state index >= 15 is 0 Å². The molecule has 2 heterocycles. The number of benzene rings is 8. The number of rotatable bonds is 7. The van der Waals surface area contributed by atoms with Crippen molar-refractivity contribution >= 4 is 33.5 Å². The quantitative estimate of drug-likeness (QED) is 0.176. The average molecular weight is 705 g/mol. The van der Waals surface area contributed by atoms with Gasteiger partial charge in [0, 0.05) is 33.2 Å². The number of aliphatic imine (C=N–C) groups is 2. The summed E-state index contributed by atoms with van der Waals surface area (Å²) in [4.78, 5) is 10.9. The van der Waals surface area contributed by atoms with Gasteiger partial charge in [-0.05, 0) is 69.8 Å². The normalized spacial score (nSPS) is 14.0. The second-order valence-electron chi connectivity index (χ2n) is 13.9. The van der Waals surface area contributed by atoms with E-state index in [2.05, 4.69) is 210 Å². The SMILES string of the molecule is c1ccc(-c2ccc(C3=NC(c4cc(-c5ccccc5)cc5c4c4ccccc4n5-c4ccccc4)N=C(c4cccc(-c5ccccc5)c4)N3)cc2)cc1. The van der Waals surface area contributed by atoms with Crippen LogP contribution < -0.4 is 5.32 Å². The molecule has 1 aliphatic rings. The Morgan fingerprint density at radius 3 is 1.53 bits per heavy atom. The molecule has 0 fully saturated rings. The Labute approximate surface area is 320 Å². The highest BCUT2D eigenvalue weighted by Crippen LogP contribution is 2.41. The summed E-state index contributed by atoms with van der Waals surface area (Å²) in [6.07, 6.45) is -0.526. The molecule has 0 radical (unpaired) electrons. The smallest absolute Gasteiger partial charge is 0.170 e. The van der Waals surface area contributed by atoms with Gasteiger partial charge in [-0.2, -0.15) is 0 Å². The van der Waals surface area contributed by atoms with Crippen molar-refractivity contribution in [2.45, 2.75) is 6.17 Å². The van der Waals surface area contributed by atoms with E-state index < -0.39 is 6.17 Å². The highest BCUT2D eigenvalue weighted by molar-refractivity contribution is 6.17. The molecule has 0 aliphatic carbocycles. The lowest BCUT2D eigenvalue weighted by Gasteiger charge is -2.24. The molecule has 8 aromatic carbocycles. The zero-order valence-corrected chi connectivity index (χ0v) is 30.0. The number of aromatic nitrogens is 1. The fourth-order valence-electron chi connectivity index (χ4n) is 7.79. The van der Waals surface area contributed by atoms with E-state index in [4.69, 9.17) is 9.98 Å². The van der Waals surface area contributed by atoms with E-state index in [1.165, 1.54) is 10.9 Å². The summed E-state index contributed by atoms with van der Waals surface area (Å²) >= 11 is 0. The zero-order chi connectivity index (χ0) is 36.6. The lowest BCUT2D eigenvalue weighted by Crippen LogP contribution is -2.36. The molecule has 9 aromatic rings. The van der Waals surface area contributed by atoms with Gasteiger partial charge in [0.25, 0.3) is 0 Å². The third-order valence-electron chi connectivity index (χ3n) is 10.5. The Hall–Kier alpha value is -7.30. The second-order valence-corrected chi connectivity index (χ2v) is 13.9. The number of para-hydroxylation sites is 2. The first-order chi connectivity index (χ1) is 27.3. The average Bonchev–Trinajstić information content (AvgIpc) is 3.61. The van der Waals surface area contributed by atoms with Crippen LogP contribution in [0, 0.1) is 0 Å². The molecule has 0 saturated heterocycles. The van der Waals surface area contributed by atoms with E-state index in [1.807, 2.05) is 6.07 Å². The van der Waals surface area contributed by atoms with Crippen molar-refractivity contribution in [1.82, 2.24) is 9.88 Å². The predicted molar refractivity (Wildman–Crippen MR) is 229 cm³/mol. The van der Waals surface area contributed by atoms with Gasteiger partial charge in [-0.3, -0.25) is 0 Å². The summed E-state index contributed by atoms with van der Waals surface area (Å²) in [5, 5.41) is 6.00. The topological polar surface area (TPSA) is 41.7 Å². The molecule has 1 aromatic heterocycles. The van der Waals surface area contributed by atoms with E-state index in [9.17, 15) is 0 Å². The zero-order valence-electron chi connectivity index (χ0n) is 30.0. The van der Waals surface area contributed by atoms with Crippen LogP contribution in [0.3, 0.4) is 0 Å². The molecule has 1 aliphatic heterocycles. The summed E-state index contributed by atoms with van der Waals surface area (Å²) < 4.78 is 2.38. The molecule has 1 N–H and O–H groups in total. The first kappa shape index (κ1) is 32.4. The Balaban J connectivity index is 1.21. The van der Waals surface area contributed by atoms with Gasteiger partial charge in [0.05, 0.1) is 11.0 Å². The molecule has 4 heteroatoms. The molecule has 10 rings (SSSR count). The summed E-state index contributed by atoms with van der Waals surface area (Å²) in [7, 11) is 0. The van der Waals surface area contributed by atoms with Crippen LogP contribution in [0.1, 0.15) is 22.9 Å². The largest absolute Gasteiger partial charge is 0.324 e. The summed E-state index contributed by atoms with van der Waals surface area (Å²) in [6.45, 7) is 0. The maximum atomic E-state index is 5.48. The van der Waals surface area contributed by atoms with Crippen LogP contribution in [0.5, 0.6) is 0 Å². The van der Waals surface area contributed by atoms with Crippen molar-refractivity contribution in [1.29, 1.82) is 0 Å². The number of nitrogens with zero attached hydrogens (tertiary/aromatic N) is 3. The highest BCUT2D eigenvalue weighted by Gasteiger charge is 2.26. The molecule has 55 heavy (non-hydrogen) atoms. The highest BCUT2D eigenvalue weighted by atomic mass is 15.2. The summed E-state index contributed by atoms with van der Waals surface area (Å²) in [5.74, 6) is 1.56. The number of nitrogens with one attached hydrogen (secondary N) is 1. The van der Waals surface area contributed by atoms with E-state index in [1.54, 1.807) is 0 Å². The van der Waals surface area contributed by atoms with E-state index in [0.717, 1.165) is 78.3 Å². The lowest BCUT2D eigenvalue weighted by atomic mass is 9.96. The van der Waals surface area contributed by atoms with Crippen LogP contribution in [-0.2, 0) is 0 Å². The van der Waals surface area contributed by atoms with Gasteiger partial charge in [-0.25, -0.2) is 9.98 Å². The minimum atomic E-state index is -0.526. The third-order valence-corrected chi connectivity index (χ3v) is 10.5. The summed E-state index contributed by atoms with van der Waals surface area (Å²) in [6, 6.07) is 72.8. The van der Waals surface area contributed by atoms with Crippen molar-refractivity contribution in [3.63, 3.8) is 0 Å². The van der Waals surface area contributed by atoms with Crippen LogP contribution in [0.4, 0.5) is 0 Å². The maximum absolute atomic E-state index is 5.48. The van der Waals surface area contributed by atoms with Crippen molar-refractivity contribution in [3.05, 3.63) is 223 Å². The van der Waals surface area contributed by atoms with Crippen LogP contribution >= 0.6 is 0 Å². The fraction of sp³-hybridized carbons (Fsp3) is 0.0196. The van der Waals surface area contributed by atoms with Crippen LogP contribution in [0.15, 0.2) is 216 Å². The standard InChI is InChI=1S/C51H36N4/c1-5-16-35(17-6-1)38-28-30-39(31-29-38)49-52-50(41-23-15-22-40(32-41)36-18-7-2-8-19-36)54-51(53-49)45-33-42(37-20-9-3-10-21-37)34-47-48(45)44-26-13-14-27-46(44)55(47)43-24-11-4-12-25-43/h1-34,51H,(H,52,53,54). The summed E-state index contributed by atoms with van der Waals surface area (Å²) in [5.41, 5.74) is 13.3. The molecule has 4 nitrogen and oxygen atoms in total. The molecule has 0 saturated carbocycles. The van der Waals surface area contributed by atoms with Gasteiger partial charge in [0.1, 0.15) is 11.7 Å². The monoisotopic (exact) mass is 704 g/mol. The van der Waals surface area contributed by atoms with Crippen LogP contribution in [0.25, 0.3) is 60.9 Å². The first-order valence-electron chi connectivity index (χ1n) is 18.7. The molecule has 0 spiro atoms. The minimum absolute atomic E-state index is 0.526. The molecular formula is C51H36N4. The van der Waals surface area contributed by atoms with Crippen molar-refractivity contribution in [2.24, 2.45) is 9.98 Å². The maximum Gasteiger partial charge on any atom is 0.170 e. The molecule has 1 atom stereocenters. The molecule has 0 amide bonds. The van der Waals surface area contributed by atoms with Gasteiger partial charge < -0.3 is 9.88 Å². The predicted octanol–water partition coefficient (Wildman–Crippen LogP) is 12.3. The van der Waals surface area contributed by atoms with Gasteiger partial charge in [0.15, 0.2) is 6.17 Å². The van der Waals surface area contributed by atoms with E-state index in [0.29, 0.717) is 0 Å². The second kappa shape index (κ2) is 13.9. The van der Waals surface area contributed by atoms with Crippen molar-refractivity contribution in [3.8, 4) is 39.1 Å². The first-order valence-corrected chi connectivity index (χ1v) is 18.7. The molecule has 1 unspecified atom stereocenters. The number of fused-ring (bicyclic) bond motifs is 3. The van der Waals surface area contributed by atoms with Gasteiger partial charge in [-0.1, -0.05) is 170 Å². The minimum Gasteiger partial charge on any atom is -0.324 e. The van der Waals surface area contributed by atoms with Gasteiger partial charge in [0.2, 0.25) is 0 Å². The van der Waals surface area contributed by atoms with Crippen molar-refractivity contribution in [2.75, 3.05) is 0 Å². The Kier molecular flexibility index (Phi) is 8.19. The van der Waals surface area contributed by atoms with Crippen LogP contribution in [0.2, 0.25) is 0 Å². The van der Waals surface area contributed by atoms with Crippen molar-refractivity contribution < 1.29 is 0 Å². The third kappa shape index (κ3) is 6.10. The van der Waals surface area contributed by atoms with E-state index in [-0.39, 0.29) is 0 Å². The Morgan fingerprint density at radius 2 is 0.855 bits per heavy atom. The lowest BCUT2D eigenvalue weighted by molar-refractivity contribution is 0.763. The number of amidine groups is 2. The number of hydrogen-bond donors (Lipinski definition) is 1. The number of hydrogen-bond acceptors (Lipinski definition) is 3. The molecule has 0 bridgehead atoms. The Bertz CT molecular complexity index is 2860. The van der Waals surface area contributed by atoms with Crippen LogP contribution in [-0.4, -0.2) is 16.2 Å². The molecule has 260 valence electrons. The molecular weight excluding hydrogens is 669 g/mol. The van der Waals surface area contributed by atoms with Gasteiger partial charge in [-0.15, -0.1) is 0 Å². The Morgan fingerprint density at radius 1 is 0.364 bits per heavy atom. The van der Waals surface area contributed by atoms with Gasteiger partial charge >= 0.3 is 0 Å².